The molecule has 4 rings (SSSR count). The molecule has 1 aliphatic rings. The zero-order chi connectivity index (χ0) is 28.7. The number of halogens is 2. The van der Waals surface area contributed by atoms with Crippen LogP contribution in [0.5, 0.6) is 5.75 Å². The maximum Gasteiger partial charge on any atom is 0.261 e. The Bertz CT molecular complexity index is 1280. The number of carbonyl (C=O) groups is 2. The van der Waals surface area contributed by atoms with E-state index in [-0.39, 0.29) is 36.4 Å². The van der Waals surface area contributed by atoms with Gasteiger partial charge in [-0.2, -0.15) is 0 Å². The summed E-state index contributed by atoms with van der Waals surface area (Å²) in [5.41, 5.74) is 2.87. The van der Waals surface area contributed by atoms with Gasteiger partial charge in [-0.25, -0.2) is 0 Å². The molecule has 2 amide bonds. The van der Waals surface area contributed by atoms with E-state index in [4.69, 9.17) is 27.9 Å². The molecule has 1 N–H and O–H groups in total. The van der Waals surface area contributed by atoms with Crippen LogP contribution >= 0.6 is 23.2 Å². The summed E-state index contributed by atoms with van der Waals surface area (Å²) in [6.07, 6.45) is 4.47. The topological polar surface area (TPSA) is 58.6 Å². The van der Waals surface area contributed by atoms with Gasteiger partial charge in [0.15, 0.2) is 6.61 Å². The third-order valence-electron chi connectivity index (χ3n) is 7.41. The van der Waals surface area contributed by atoms with Crippen molar-refractivity contribution in [3.63, 3.8) is 0 Å². The largest absolute Gasteiger partial charge is 0.484 e. The normalized spacial score (nSPS) is 14.5. The molecule has 5 nitrogen and oxygen atoms in total. The van der Waals surface area contributed by atoms with Crippen molar-refractivity contribution < 1.29 is 14.3 Å². The van der Waals surface area contributed by atoms with Crippen molar-refractivity contribution in [3.8, 4) is 5.75 Å². The van der Waals surface area contributed by atoms with Gasteiger partial charge in [0.2, 0.25) is 5.91 Å². The summed E-state index contributed by atoms with van der Waals surface area (Å²) >= 11 is 12.7. The molecule has 212 valence electrons. The van der Waals surface area contributed by atoms with E-state index in [1.807, 2.05) is 54.6 Å². The zero-order valence-corrected chi connectivity index (χ0v) is 25.0. The van der Waals surface area contributed by atoms with Crippen LogP contribution in [0.25, 0.3) is 0 Å². The van der Waals surface area contributed by atoms with Crippen LogP contribution in [0, 0.1) is 0 Å². The third kappa shape index (κ3) is 8.25. The van der Waals surface area contributed by atoms with Gasteiger partial charge in [0.25, 0.3) is 5.91 Å². The lowest BCUT2D eigenvalue weighted by atomic mass is 9.87. The fourth-order valence-electron chi connectivity index (χ4n) is 5.03. The number of ether oxygens (including phenoxy) is 1. The molecule has 1 unspecified atom stereocenters. The minimum atomic E-state index is -0.742. The van der Waals surface area contributed by atoms with E-state index in [0.29, 0.717) is 27.8 Å². The minimum absolute atomic E-state index is 0.0142. The first-order valence-corrected chi connectivity index (χ1v) is 14.7. The highest BCUT2D eigenvalue weighted by atomic mass is 35.5. The van der Waals surface area contributed by atoms with Gasteiger partial charge in [0.1, 0.15) is 11.8 Å². The van der Waals surface area contributed by atoms with Gasteiger partial charge in [-0.3, -0.25) is 9.59 Å². The number of hydrogen-bond acceptors (Lipinski definition) is 3. The van der Waals surface area contributed by atoms with Gasteiger partial charge in [0.05, 0.1) is 0 Å². The lowest BCUT2D eigenvalue weighted by Gasteiger charge is -2.32. The second-order valence-electron chi connectivity index (χ2n) is 11.5. The Morgan fingerprint density at radius 2 is 1.65 bits per heavy atom. The molecule has 0 saturated heterocycles. The molecule has 3 aromatic carbocycles. The number of carbonyl (C=O) groups excluding carboxylic acids is 2. The van der Waals surface area contributed by atoms with E-state index in [9.17, 15) is 9.59 Å². The van der Waals surface area contributed by atoms with Gasteiger partial charge >= 0.3 is 0 Å². The molecule has 0 bridgehead atoms. The average molecular weight is 582 g/mol. The summed E-state index contributed by atoms with van der Waals surface area (Å²) < 4.78 is 5.94. The lowest BCUT2D eigenvalue weighted by molar-refractivity contribution is -0.143. The van der Waals surface area contributed by atoms with Crippen molar-refractivity contribution in [2.75, 3.05) is 6.61 Å². The van der Waals surface area contributed by atoms with Gasteiger partial charge in [-0.1, -0.05) is 105 Å². The minimum Gasteiger partial charge on any atom is -0.484 e. The zero-order valence-electron chi connectivity index (χ0n) is 23.5. The van der Waals surface area contributed by atoms with Crippen LogP contribution in [0.2, 0.25) is 10.0 Å². The number of nitrogens with one attached hydrogen (secondary N) is 1. The molecule has 1 atom stereocenters. The van der Waals surface area contributed by atoms with Crippen LogP contribution < -0.4 is 10.1 Å². The highest BCUT2D eigenvalue weighted by Gasteiger charge is 2.33. The Hall–Kier alpha value is -3.02. The smallest absolute Gasteiger partial charge is 0.261 e. The van der Waals surface area contributed by atoms with Crippen LogP contribution in [0.3, 0.4) is 0 Å². The Morgan fingerprint density at radius 3 is 2.27 bits per heavy atom. The first-order chi connectivity index (χ1) is 19.1. The molecular formula is C33H38Cl2N2O3. The van der Waals surface area contributed by atoms with Gasteiger partial charge in [-0.15, -0.1) is 0 Å². The highest BCUT2D eigenvalue weighted by Crippen LogP contribution is 2.26. The van der Waals surface area contributed by atoms with Crippen LogP contribution in [-0.4, -0.2) is 35.4 Å². The number of amides is 2. The van der Waals surface area contributed by atoms with Crippen molar-refractivity contribution in [1.29, 1.82) is 0 Å². The number of rotatable bonds is 10. The van der Waals surface area contributed by atoms with Crippen molar-refractivity contribution >= 4 is 35.0 Å². The van der Waals surface area contributed by atoms with Gasteiger partial charge in [0, 0.05) is 29.1 Å². The summed E-state index contributed by atoms with van der Waals surface area (Å²) in [4.78, 5) is 29.2. The predicted molar refractivity (Wildman–Crippen MR) is 162 cm³/mol. The standard InChI is InChI=1S/C33H38Cl2N2O3/c1-33(2,3)25-14-17-28(18-15-25)40-22-31(38)37(21-24-13-16-26(34)20-29(24)35)30(19-23-9-5-4-6-10-23)32(39)36-27-11-7-8-12-27/h4-6,9-10,13-18,20,27,30H,7-8,11-12,19,21-22H2,1-3H3,(H,36,39). The van der Waals surface area contributed by atoms with E-state index in [1.165, 1.54) is 5.56 Å². The number of benzene rings is 3. The fraction of sp³-hybridized carbons (Fsp3) is 0.394. The molecule has 0 aliphatic heterocycles. The number of nitrogens with zero attached hydrogens (tertiary/aromatic N) is 1. The van der Waals surface area contributed by atoms with Crippen LogP contribution in [-0.2, 0) is 28.0 Å². The van der Waals surface area contributed by atoms with Crippen LogP contribution in [0.1, 0.15) is 63.1 Å². The quantitative estimate of drug-likeness (QED) is 0.272. The molecule has 3 aromatic rings. The molecule has 40 heavy (non-hydrogen) atoms. The fourth-order valence-corrected chi connectivity index (χ4v) is 5.50. The van der Waals surface area contributed by atoms with Crippen LogP contribution in [0.4, 0.5) is 0 Å². The summed E-state index contributed by atoms with van der Waals surface area (Å²) in [6, 6.07) is 22.1. The summed E-state index contributed by atoms with van der Waals surface area (Å²) in [7, 11) is 0. The van der Waals surface area contributed by atoms with E-state index < -0.39 is 6.04 Å². The second-order valence-corrected chi connectivity index (χ2v) is 12.4. The Kier molecular flexibility index (Phi) is 10.2. The van der Waals surface area contributed by atoms with E-state index in [2.05, 4.69) is 26.1 Å². The molecule has 1 aliphatic carbocycles. The Balaban J connectivity index is 1.61. The molecular weight excluding hydrogens is 543 g/mol. The van der Waals surface area contributed by atoms with Crippen molar-refractivity contribution in [1.82, 2.24) is 10.2 Å². The van der Waals surface area contributed by atoms with Crippen molar-refractivity contribution in [2.45, 2.75) is 76.9 Å². The van der Waals surface area contributed by atoms with E-state index >= 15 is 0 Å². The maximum absolute atomic E-state index is 13.9. The molecule has 0 radical (unpaired) electrons. The monoisotopic (exact) mass is 580 g/mol. The summed E-state index contributed by atoms with van der Waals surface area (Å²) in [6.45, 7) is 6.39. The van der Waals surface area contributed by atoms with E-state index in [1.54, 1.807) is 23.1 Å². The molecule has 0 heterocycles. The SMILES string of the molecule is CC(C)(C)c1ccc(OCC(=O)N(Cc2ccc(Cl)cc2Cl)C(Cc2ccccc2)C(=O)NC2CCCC2)cc1. The lowest BCUT2D eigenvalue weighted by Crippen LogP contribution is -2.53. The summed E-state index contributed by atoms with van der Waals surface area (Å²) in [5, 5.41) is 4.16. The van der Waals surface area contributed by atoms with Gasteiger partial charge < -0.3 is 15.0 Å². The Labute approximate surface area is 247 Å². The summed E-state index contributed by atoms with van der Waals surface area (Å²) in [5.74, 6) is 0.137. The average Bonchev–Trinajstić information content (AvgIpc) is 3.43. The molecule has 7 heteroatoms. The predicted octanol–water partition coefficient (Wildman–Crippen LogP) is 7.37. The number of hydrogen-bond donors (Lipinski definition) is 1. The molecule has 1 saturated carbocycles. The van der Waals surface area contributed by atoms with Crippen molar-refractivity contribution in [3.05, 3.63) is 99.5 Å². The maximum atomic E-state index is 13.9. The third-order valence-corrected chi connectivity index (χ3v) is 8.00. The molecule has 1 fully saturated rings. The Morgan fingerprint density at radius 1 is 0.975 bits per heavy atom. The van der Waals surface area contributed by atoms with Crippen molar-refractivity contribution in [2.24, 2.45) is 0 Å². The second kappa shape index (κ2) is 13.6. The van der Waals surface area contributed by atoms with E-state index in [0.717, 1.165) is 31.2 Å². The highest BCUT2D eigenvalue weighted by molar-refractivity contribution is 6.35. The van der Waals surface area contributed by atoms with Crippen LogP contribution in [0.15, 0.2) is 72.8 Å². The van der Waals surface area contributed by atoms with Gasteiger partial charge in [-0.05, 0) is 59.2 Å². The molecule has 0 aromatic heterocycles. The first kappa shape index (κ1) is 30.0. The first-order valence-electron chi connectivity index (χ1n) is 13.9. The molecule has 0 spiro atoms.